The van der Waals surface area contributed by atoms with Crippen molar-refractivity contribution in [3.8, 4) is 0 Å². The number of nitrogens with two attached hydrogens (primary N) is 2. The van der Waals surface area contributed by atoms with Crippen LogP contribution in [0.1, 0.15) is 24.8 Å². The topological polar surface area (TPSA) is 216 Å². The molecule has 0 aliphatic carbocycles. The molecule has 0 aromatic heterocycles. The van der Waals surface area contributed by atoms with Crippen LogP contribution in [0.5, 0.6) is 0 Å². The Morgan fingerprint density at radius 2 is 1.60 bits per heavy atom. The number of ketones is 1. The number of aliphatic carboxylic acids is 1. The van der Waals surface area contributed by atoms with E-state index in [1.54, 1.807) is 13.0 Å². The molecule has 30 heavy (non-hydrogen) atoms. The van der Waals surface area contributed by atoms with Gasteiger partial charge in [-0.25, -0.2) is 0 Å². The first-order chi connectivity index (χ1) is 14.1. The molecule has 1 aromatic rings. The third kappa shape index (κ3) is 6.29. The number of carbonyl (C=O) groups is 3. The maximum absolute atomic E-state index is 12.8. The van der Waals surface area contributed by atoms with Gasteiger partial charge in [0.2, 0.25) is 5.91 Å². The first kappa shape index (κ1) is 25.6. The molecular weight excluding hydrogens is 398 g/mol. The van der Waals surface area contributed by atoms with Crippen LogP contribution >= 0.6 is 0 Å². The van der Waals surface area contributed by atoms with E-state index in [2.05, 4.69) is 5.32 Å². The van der Waals surface area contributed by atoms with Crippen molar-refractivity contribution in [2.45, 2.75) is 55.7 Å². The average molecular weight is 427 g/mol. The number of carbonyl (C=O) groups excluding carboxylic acids is 2. The Kier molecular flexibility index (Phi) is 9.99. The van der Waals surface area contributed by atoms with Crippen molar-refractivity contribution in [3.63, 3.8) is 0 Å². The van der Waals surface area contributed by atoms with Crippen LogP contribution in [0.15, 0.2) is 30.3 Å². The lowest BCUT2D eigenvalue weighted by atomic mass is 9.83. The van der Waals surface area contributed by atoms with Crippen LogP contribution in [0, 0.1) is 0 Å². The van der Waals surface area contributed by atoms with Crippen molar-refractivity contribution in [2.75, 3.05) is 6.61 Å². The van der Waals surface area contributed by atoms with Crippen LogP contribution in [0.4, 0.5) is 0 Å². The van der Waals surface area contributed by atoms with E-state index in [1.807, 2.05) is 0 Å². The Labute approximate surface area is 173 Å². The highest BCUT2D eigenvalue weighted by atomic mass is 16.4. The number of hydrogen-bond donors (Lipinski definition) is 8. The Morgan fingerprint density at radius 1 is 1.03 bits per heavy atom. The molecule has 0 spiro atoms. The standard InChI is InChI=1S/C19H29N3O8/c1-2-10(20)18(28)22-11(8-23)14(24)16(26)17(27)15(25)12(13(21)19(29)30)9-6-4-3-5-7-9/h3-7,10-14,16-17,23-24,26-27H,2,8,20-21H2,1H3,(H,22,28)(H,29,30)/t10-,11-,12?,13-,14+,16+,17+/m0/s1. The van der Waals surface area contributed by atoms with Gasteiger partial charge in [0.1, 0.15) is 24.4 Å². The van der Waals surface area contributed by atoms with Gasteiger partial charge in [-0.05, 0) is 12.0 Å². The molecule has 11 heteroatoms. The number of carboxylic acid groups (broad SMARTS) is 1. The maximum atomic E-state index is 12.8. The number of carboxylic acids is 1. The van der Waals surface area contributed by atoms with Crippen LogP contribution < -0.4 is 16.8 Å². The largest absolute Gasteiger partial charge is 0.480 e. The molecule has 168 valence electrons. The Balaban J connectivity index is 3.06. The molecule has 11 nitrogen and oxygen atoms in total. The van der Waals surface area contributed by atoms with Crippen LogP contribution in [-0.2, 0) is 14.4 Å². The minimum Gasteiger partial charge on any atom is -0.480 e. The molecule has 0 heterocycles. The third-order valence-corrected chi connectivity index (χ3v) is 4.79. The van der Waals surface area contributed by atoms with Crippen molar-refractivity contribution in [1.82, 2.24) is 5.32 Å². The molecule has 0 aliphatic heterocycles. The van der Waals surface area contributed by atoms with Gasteiger partial charge in [0, 0.05) is 0 Å². The van der Waals surface area contributed by atoms with E-state index in [4.69, 9.17) is 11.5 Å². The minimum absolute atomic E-state index is 0.194. The summed E-state index contributed by atoms with van der Waals surface area (Å²) in [5.74, 6) is -4.88. The van der Waals surface area contributed by atoms with Gasteiger partial charge in [-0.2, -0.15) is 0 Å². The van der Waals surface area contributed by atoms with E-state index in [9.17, 15) is 39.9 Å². The number of rotatable bonds is 12. The highest BCUT2D eigenvalue weighted by Crippen LogP contribution is 2.23. The summed E-state index contributed by atoms with van der Waals surface area (Å²) in [4.78, 5) is 36.0. The molecule has 1 rings (SSSR count). The van der Waals surface area contributed by atoms with Crippen LogP contribution in [0.25, 0.3) is 0 Å². The molecule has 0 bridgehead atoms. The molecule has 0 saturated heterocycles. The first-order valence-electron chi connectivity index (χ1n) is 9.34. The van der Waals surface area contributed by atoms with Crippen LogP contribution in [0.2, 0.25) is 0 Å². The van der Waals surface area contributed by atoms with Crippen molar-refractivity contribution in [1.29, 1.82) is 0 Å². The van der Waals surface area contributed by atoms with Gasteiger partial charge in [-0.1, -0.05) is 37.3 Å². The molecule has 10 N–H and O–H groups in total. The van der Waals surface area contributed by atoms with Gasteiger partial charge in [-0.15, -0.1) is 0 Å². The zero-order chi connectivity index (χ0) is 23.0. The summed E-state index contributed by atoms with van der Waals surface area (Å²) in [7, 11) is 0. The monoisotopic (exact) mass is 427 g/mol. The number of benzene rings is 1. The Morgan fingerprint density at radius 3 is 2.07 bits per heavy atom. The summed E-state index contributed by atoms with van der Waals surface area (Å²) < 4.78 is 0. The second kappa shape index (κ2) is 11.7. The fourth-order valence-corrected chi connectivity index (χ4v) is 2.84. The van der Waals surface area contributed by atoms with Crippen LogP contribution in [-0.4, -0.2) is 86.2 Å². The number of hydrogen-bond acceptors (Lipinski definition) is 9. The van der Waals surface area contributed by atoms with Gasteiger partial charge < -0.3 is 42.3 Å². The first-order valence-corrected chi connectivity index (χ1v) is 9.34. The maximum Gasteiger partial charge on any atom is 0.321 e. The lowest BCUT2D eigenvalue weighted by Gasteiger charge is -2.31. The fraction of sp³-hybridized carbons (Fsp3) is 0.526. The summed E-state index contributed by atoms with van der Waals surface area (Å²) in [5, 5.41) is 51.8. The summed E-state index contributed by atoms with van der Waals surface area (Å²) in [6.45, 7) is 0.819. The zero-order valence-electron chi connectivity index (χ0n) is 16.5. The van der Waals surface area contributed by atoms with Crippen molar-refractivity contribution >= 4 is 17.7 Å². The Hall–Kier alpha value is -2.41. The second-order valence-corrected chi connectivity index (χ2v) is 6.89. The van der Waals surface area contributed by atoms with Crippen molar-refractivity contribution < 1.29 is 39.9 Å². The molecule has 0 aliphatic rings. The van der Waals surface area contributed by atoms with Crippen molar-refractivity contribution in [3.05, 3.63) is 35.9 Å². The lowest BCUT2D eigenvalue weighted by molar-refractivity contribution is -0.148. The summed E-state index contributed by atoms with van der Waals surface area (Å²) in [6, 6.07) is 3.48. The minimum atomic E-state index is -2.25. The van der Waals surface area contributed by atoms with Gasteiger partial charge in [0.25, 0.3) is 0 Å². The molecule has 1 unspecified atom stereocenters. The van der Waals surface area contributed by atoms with Crippen LogP contribution in [0.3, 0.4) is 0 Å². The van der Waals surface area contributed by atoms with E-state index < -0.39 is 66.6 Å². The van der Waals surface area contributed by atoms with E-state index in [0.29, 0.717) is 0 Å². The van der Waals surface area contributed by atoms with Gasteiger partial charge in [0.05, 0.1) is 24.6 Å². The summed E-state index contributed by atoms with van der Waals surface area (Å²) in [6.07, 6.45) is -6.09. The smallest absolute Gasteiger partial charge is 0.321 e. The van der Waals surface area contributed by atoms with Crippen molar-refractivity contribution in [2.24, 2.45) is 11.5 Å². The molecule has 0 radical (unpaired) electrons. The van der Waals surface area contributed by atoms with E-state index in [0.717, 1.165) is 0 Å². The summed E-state index contributed by atoms with van der Waals surface area (Å²) in [5.41, 5.74) is 11.4. The zero-order valence-corrected chi connectivity index (χ0v) is 16.5. The number of aliphatic hydroxyl groups excluding tert-OH is 4. The predicted octanol–water partition coefficient (Wildman–Crippen LogP) is -2.95. The molecule has 1 aromatic carbocycles. The normalized spacial score (nSPS) is 18.4. The predicted molar refractivity (Wildman–Crippen MR) is 105 cm³/mol. The second-order valence-electron chi connectivity index (χ2n) is 6.89. The number of amides is 1. The van der Waals surface area contributed by atoms with Gasteiger partial charge in [0.15, 0.2) is 5.78 Å². The number of Topliss-reactive ketones (excluding diaryl/α,β-unsaturated/α-hetero) is 1. The summed E-state index contributed by atoms with van der Waals surface area (Å²) >= 11 is 0. The molecule has 0 fully saturated rings. The SMILES string of the molecule is CC[C@H](N)C(=O)N[C@@H](CO)[C@@H](O)[C@@H](O)[C@H](O)C(=O)C(c1ccccc1)[C@H](N)C(=O)O. The molecule has 0 saturated carbocycles. The lowest BCUT2D eigenvalue weighted by Crippen LogP contribution is -2.58. The van der Waals surface area contributed by atoms with E-state index in [1.165, 1.54) is 24.3 Å². The van der Waals surface area contributed by atoms with E-state index in [-0.39, 0.29) is 12.0 Å². The quantitative estimate of drug-likeness (QED) is 0.169. The molecule has 1 amide bonds. The highest BCUT2D eigenvalue weighted by Gasteiger charge is 2.42. The third-order valence-electron chi connectivity index (χ3n) is 4.79. The van der Waals surface area contributed by atoms with Gasteiger partial charge in [-0.3, -0.25) is 14.4 Å². The fourth-order valence-electron chi connectivity index (χ4n) is 2.84. The Bertz CT molecular complexity index is 717. The average Bonchev–Trinajstić information content (AvgIpc) is 2.75. The number of aliphatic hydroxyl groups is 4. The van der Waals surface area contributed by atoms with E-state index >= 15 is 0 Å². The molecular formula is C19H29N3O8. The number of nitrogens with one attached hydrogen (secondary N) is 1. The van der Waals surface area contributed by atoms with Gasteiger partial charge >= 0.3 is 5.97 Å². The highest BCUT2D eigenvalue weighted by molar-refractivity contribution is 5.95. The molecule has 7 atom stereocenters.